The molecule has 0 saturated carbocycles. The van der Waals surface area contributed by atoms with Gasteiger partial charge in [0.25, 0.3) is 5.89 Å². The zero-order chi connectivity index (χ0) is 14.5. The molecule has 2 N–H and O–H groups in total. The molecule has 1 atom stereocenters. The van der Waals surface area contributed by atoms with E-state index >= 15 is 0 Å². The number of rotatable bonds is 6. The Hall–Kier alpha value is -2.08. The van der Waals surface area contributed by atoms with Crippen molar-refractivity contribution in [2.75, 3.05) is 14.2 Å². The van der Waals surface area contributed by atoms with E-state index in [4.69, 9.17) is 19.7 Å². The van der Waals surface area contributed by atoms with E-state index in [0.29, 0.717) is 29.6 Å². The van der Waals surface area contributed by atoms with Crippen molar-refractivity contribution in [3.8, 4) is 23.0 Å². The summed E-state index contributed by atoms with van der Waals surface area (Å²) >= 11 is 0. The Bertz CT molecular complexity index is 546. The first-order valence-corrected chi connectivity index (χ1v) is 6.47. The molecule has 2 aromatic rings. The Labute approximate surface area is 117 Å². The van der Waals surface area contributed by atoms with Crippen LogP contribution in [0.4, 0.5) is 0 Å². The lowest BCUT2D eigenvalue weighted by molar-refractivity contribution is 0.392. The predicted molar refractivity (Wildman–Crippen MR) is 74.8 cm³/mol. The van der Waals surface area contributed by atoms with Gasteiger partial charge in [0.15, 0.2) is 5.82 Å². The number of hydrogen-bond acceptors (Lipinski definition) is 6. The third kappa shape index (κ3) is 3.27. The van der Waals surface area contributed by atoms with Crippen LogP contribution in [0, 0.1) is 0 Å². The third-order valence-corrected chi connectivity index (χ3v) is 3.04. The highest BCUT2D eigenvalue weighted by atomic mass is 16.5. The molecule has 0 saturated heterocycles. The quantitative estimate of drug-likeness (QED) is 0.869. The summed E-state index contributed by atoms with van der Waals surface area (Å²) in [6, 6.07) is 5.47. The zero-order valence-electron chi connectivity index (χ0n) is 11.9. The van der Waals surface area contributed by atoms with E-state index in [1.54, 1.807) is 20.3 Å². The predicted octanol–water partition coefficient (Wildman–Crippen LogP) is 2.03. The fourth-order valence-corrected chi connectivity index (χ4v) is 1.76. The van der Waals surface area contributed by atoms with Crippen LogP contribution in [0.5, 0.6) is 11.5 Å². The molecule has 1 unspecified atom stereocenters. The van der Waals surface area contributed by atoms with Crippen LogP contribution in [0.1, 0.15) is 19.2 Å². The lowest BCUT2D eigenvalue weighted by Gasteiger charge is -2.05. The van der Waals surface area contributed by atoms with Crippen molar-refractivity contribution >= 4 is 0 Å². The van der Waals surface area contributed by atoms with Gasteiger partial charge in [-0.1, -0.05) is 12.1 Å². The van der Waals surface area contributed by atoms with Crippen LogP contribution in [0.3, 0.4) is 0 Å². The summed E-state index contributed by atoms with van der Waals surface area (Å²) < 4.78 is 15.7. The number of methoxy groups -OCH3 is 2. The second-order valence-electron chi connectivity index (χ2n) is 4.49. The van der Waals surface area contributed by atoms with Crippen molar-refractivity contribution < 1.29 is 14.0 Å². The van der Waals surface area contributed by atoms with E-state index in [1.807, 2.05) is 19.1 Å². The minimum atomic E-state index is 0.0419. The van der Waals surface area contributed by atoms with Gasteiger partial charge in [0, 0.05) is 24.1 Å². The molecule has 0 fully saturated rings. The smallest absolute Gasteiger partial charge is 0.258 e. The molecule has 20 heavy (non-hydrogen) atoms. The van der Waals surface area contributed by atoms with Gasteiger partial charge in [-0.3, -0.25) is 0 Å². The number of benzene rings is 1. The lowest BCUT2D eigenvalue weighted by atomic mass is 10.1. The minimum absolute atomic E-state index is 0.0419. The van der Waals surface area contributed by atoms with Gasteiger partial charge >= 0.3 is 0 Å². The zero-order valence-corrected chi connectivity index (χ0v) is 11.9. The first-order chi connectivity index (χ1) is 9.66. The van der Waals surface area contributed by atoms with E-state index in [-0.39, 0.29) is 6.04 Å². The topological polar surface area (TPSA) is 83.4 Å². The van der Waals surface area contributed by atoms with Gasteiger partial charge in [0.1, 0.15) is 11.5 Å². The van der Waals surface area contributed by atoms with Crippen LogP contribution in [0.25, 0.3) is 11.5 Å². The molecule has 0 spiro atoms. The summed E-state index contributed by atoms with van der Waals surface area (Å²) in [6.45, 7) is 2.03. The number of aromatic nitrogens is 2. The first kappa shape index (κ1) is 14.3. The van der Waals surface area contributed by atoms with Gasteiger partial charge in [-0.2, -0.15) is 4.98 Å². The van der Waals surface area contributed by atoms with Gasteiger partial charge in [-0.25, -0.2) is 0 Å². The summed E-state index contributed by atoms with van der Waals surface area (Å²) in [5.74, 6) is 2.38. The van der Waals surface area contributed by atoms with Crippen LogP contribution in [-0.4, -0.2) is 30.4 Å². The first-order valence-electron chi connectivity index (χ1n) is 6.47. The van der Waals surface area contributed by atoms with Gasteiger partial charge in [0.05, 0.1) is 14.2 Å². The van der Waals surface area contributed by atoms with Crippen molar-refractivity contribution in [2.45, 2.75) is 25.8 Å². The molecule has 1 aromatic heterocycles. The number of nitrogens with zero attached hydrogens (tertiary/aromatic N) is 2. The number of nitrogens with two attached hydrogens (primary N) is 1. The number of ether oxygens (including phenoxy) is 2. The second-order valence-corrected chi connectivity index (χ2v) is 4.49. The third-order valence-electron chi connectivity index (χ3n) is 3.04. The molecule has 0 aliphatic rings. The molecular formula is C14H19N3O3. The Morgan fingerprint density at radius 3 is 2.40 bits per heavy atom. The van der Waals surface area contributed by atoms with Gasteiger partial charge in [0.2, 0.25) is 0 Å². The molecule has 6 heteroatoms. The lowest BCUT2D eigenvalue weighted by Crippen LogP contribution is -2.21. The Morgan fingerprint density at radius 2 is 1.85 bits per heavy atom. The van der Waals surface area contributed by atoms with Crippen LogP contribution in [-0.2, 0) is 6.42 Å². The van der Waals surface area contributed by atoms with Gasteiger partial charge in [-0.15, -0.1) is 0 Å². The highest BCUT2D eigenvalue weighted by Gasteiger charge is 2.13. The van der Waals surface area contributed by atoms with Crippen molar-refractivity contribution in [2.24, 2.45) is 5.73 Å². The molecule has 108 valence electrons. The van der Waals surface area contributed by atoms with E-state index in [9.17, 15) is 0 Å². The Balaban J connectivity index is 2.27. The van der Waals surface area contributed by atoms with E-state index in [2.05, 4.69) is 10.1 Å². The van der Waals surface area contributed by atoms with Crippen LogP contribution in [0.2, 0.25) is 0 Å². The van der Waals surface area contributed by atoms with E-state index in [0.717, 1.165) is 12.0 Å². The van der Waals surface area contributed by atoms with E-state index in [1.165, 1.54) is 0 Å². The maximum atomic E-state index is 5.88. The maximum absolute atomic E-state index is 5.88. The molecule has 0 bridgehead atoms. The van der Waals surface area contributed by atoms with Crippen molar-refractivity contribution in [1.29, 1.82) is 0 Å². The molecule has 0 aliphatic heterocycles. The average molecular weight is 277 g/mol. The standard InChI is InChI=1S/C14H19N3O3/c1-4-10(15)7-13-16-14(20-17-13)9-5-11(18-2)8-12(6-9)19-3/h5-6,8,10H,4,7,15H2,1-3H3. The average Bonchev–Trinajstić information content (AvgIpc) is 2.94. The number of hydrogen-bond donors (Lipinski definition) is 1. The summed E-state index contributed by atoms with van der Waals surface area (Å²) in [4.78, 5) is 4.35. The fourth-order valence-electron chi connectivity index (χ4n) is 1.76. The summed E-state index contributed by atoms with van der Waals surface area (Å²) in [6.07, 6.45) is 1.47. The molecule has 2 rings (SSSR count). The second kappa shape index (κ2) is 6.38. The summed E-state index contributed by atoms with van der Waals surface area (Å²) in [5.41, 5.74) is 6.64. The van der Waals surface area contributed by atoms with Crippen LogP contribution in [0.15, 0.2) is 22.7 Å². The molecule has 0 aliphatic carbocycles. The normalized spacial score (nSPS) is 12.2. The van der Waals surface area contributed by atoms with Crippen molar-refractivity contribution in [3.05, 3.63) is 24.0 Å². The molecule has 1 aromatic carbocycles. The largest absolute Gasteiger partial charge is 0.497 e. The van der Waals surface area contributed by atoms with Gasteiger partial charge in [-0.05, 0) is 18.6 Å². The Kier molecular flexibility index (Phi) is 4.57. The summed E-state index contributed by atoms with van der Waals surface area (Å²) in [7, 11) is 3.19. The monoisotopic (exact) mass is 277 g/mol. The summed E-state index contributed by atoms with van der Waals surface area (Å²) in [5, 5.41) is 3.94. The maximum Gasteiger partial charge on any atom is 0.258 e. The SMILES string of the molecule is CCC(N)Cc1noc(-c2cc(OC)cc(OC)c2)n1. The van der Waals surface area contributed by atoms with Gasteiger partial charge < -0.3 is 19.7 Å². The van der Waals surface area contributed by atoms with Crippen molar-refractivity contribution in [3.63, 3.8) is 0 Å². The molecule has 1 heterocycles. The minimum Gasteiger partial charge on any atom is -0.497 e. The highest BCUT2D eigenvalue weighted by molar-refractivity contribution is 5.59. The van der Waals surface area contributed by atoms with Crippen molar-refractivity contribution in [1.82, 2.24) is 10.1 Å². The molecular weight excluding hydrogens is 258 g/mol. The van der Waals surface area contributed by atoms with Crippen LogP contribution >= 0.6 is 0 Å². The fraction of sp³-hybridized carbons (Fsp3) is 0.429. The molecule has 0 radical (unpaired) electrons. The van der Waals surface area contributed by atoms with Crippen LogP contribution < -0.4 is 15.2 Å². The highest BCUT2D eigenvalue weighted by Crippen LogP contribution is 2.28. The molecule has 0 amide bonds. The van der Waals surface area contributed by atoms with E-state index < -0.39 is 0 Å². The Morgan fingerprint density at radius 1 is 1.20 bits per heavy atom. The molecule has 6 nitrogen and oxygen atoms in total.